The summed E-state index contributed by atoms with van der Waals surface area (Å²) in [6.07, 6.45) is 1.52. The molecule has 5 nitrogen and oxygen atoms in total. The molecule has 1 heterocycles. The first-order valence-electron chi connectivity index (χ1n) is 9.72. The lowest BCUT2D eigenvalue weighted by Gasteiger charge is -2.13. The van der Waals surface area contributed by atoms with Gasteiger partial charge in [-0.25, -0.2) is 14.4 Å². The van der Waals surface area contributed by atoms with Crippen LogP contribution in [0.3, 0.4) is 0 Å². The Balaban J connectivity index is 1.67. The highest BCUT2D eigenvalue weighted by atomic mass is 19.1. The second kappa shape index (κ2) is 8.78. The van der Waals surface area contributed by atoms with E-state index in [0.717, 1.165) is 27.8 Å². The number of hydrogen-bond donors (Lipinski definition) is 1. The lowest BCUT2D eigenvalue weighted by atomic mass is 10.0. The Hall–Kier alpha value is -3.67. The third-order valence-corrected chi connectivity index (χ3v) is 4.80. The summed E-state index contributed by atoms with van der Waals surface area (Å²) in [5, 5.41) is 4.22. The zero-order chi connectivity index (χ0) is 20.9. The van der Waals surface area contributed by atoms with Crippen LogP contribution in [0.25, 0.3) is 22.0 Å². The van der Waals surface area contributed by atoms with Crippen molar-refractivity contribution in [3.63, 3.8) is 0 Å². The summed E-state index contributed by atoms with van der Waals surface area (Å²) < 4.78 is 24.4. The normalized spacial score (nSPS) is 10.8. The number of nitrogens with zero attached hydrogens (tertiary/aromatic N) is 2. The molecule has 0 radical (unpaired) electrons. The quantitative estimate of drug-likeness (QED) is 0.444. The van der Waals surface area contributed by atoms with Crippen molar-refractivity contribution in [3.8, 4) is 22.6 Å². The number of fused-ring (bicyclic) bond motifs is 1. The molecule has 3 aromatic carbocycles. The molecule has 152 valence electrons. The van der Waals surface area contributed by atoms with Gasteiger partial charge >= 0.3 is 0 Å². The van der Waals surface area contributed by atoms with E-state index < -0.39 is 0 Å². The average Bonchev–Trinajstić information content (AvgIpc) is 2.78. The SMILES string of the molecule is CCOc1ccc(CNc2ncnc3c(OC)cc(-c4ccc(F)cc4)cc23)cc1. The number of ether oxygens (including phenoxy) is 2. The first-order chi connectivity index (χ1) is 14.7. The zero-order valence-corrected chi connectivity index (χ0v) is 16.9. The van der Waals surface area contributed by atoms with Crippen molar-refractivity contribution in [1.82, 2.24) is 9.97 Å². The molecule has 4 rings (SSSR count). The van der Waals surface area contributed by atoms with Crippen LogP contribution in [0.1, 0.15) is 12.5 Å². The second-order valence-electron chi connectivity index (χ2n) is 6.73. The molecule has 0 aliphatic carbocycles. The Morgan fingerprint density at radius 3 is 2.40 bits per heavy atom. The maximum atomic E-state index is 13.3. The van der Waals surface area contributed by atoms with Gasteiger partial charge < -0.3 is 14.8 Å². The molecule has 0 spiro atoms. The van der Waals surface area contributed by atoms with Gasteiger partial charge in [0.25, 0.3) is 0 Å². The zero-order valence-electron chi connectivity index (χ0n) is 16.9. The number of hydrogen-bond acceptors (Lipinski definition) is 5. The number of anilines is 1. The topological polar surface area (TPSA) is 56.3 Å². The molecule has 0 saturated carbocycles. The molecule has 0 fully saturated rings. The summed E-state index contributed by atoms with van der Waals surface area (Å²) in [6, 6.07) is 18.2. The highest BCUT2D eigenvalue weighted by molar-refractivity contribution is 5.96. The minimum atomic E-state index is -0.271. The molecule has 4 aromatic rings. The van der Waals surface area contributed by atoms with Gasteiger partial charge in [-0.1, -0.05) is 24.3 Å². The molecule has 0 atom stereocenters. The van der Waals surface area contributed by atoms with Crippen molar-refractivity contribution < 1.29 is 13.9 Å². The number of rotatable bonds is 7. The van der Waals surface area contributed by atoms with Crippen LogP contribution in [-0.2, 0) is 6.54 Å². The molecule has 1 N–H and O–H groups in total. The van der Waals surface area contributed by atoms with Crippen LogP contribution in [0, 0.1) is 5.82 Å². The average molecular weight is 403 g/mol. The van der Waals surface area contributed by atoms with Gasteiger partial charge in [-0.2, -0.15) is 0 Å². The highest BCUT2D eigenvalue weighted by Gasteiger charge is 2.12. The van der Waals surface area contributed by atoms with E-state index in [0.29, 0.717) is 30.2 Å². The summed E-state index contributed by atoms with van der Waals surface area (Å²) >= 11 is 0. The third-order valence-electron chi connectivity index (χ3n) is 4.80. The van der Waals surface area contributed by atoms with E-state index in [4.69, 9.17) is 9.47 Å². The number of nitrogens with one attached hydrogen (secondary N) is 1. The fourth-order valence-corrected chi connectivity index (χ4v) is 3.30. The van der Waals surface area contributed by atoms with Gasteiger partial charge in [0.2, 0.25) is 0 Å². The van der Waals surface area contributed by atoms with E-state index in [1.807, 2.05) is 43.3 Å². The van der Waals surface area contributed by atoms with Crippen LogP contribution in [-0.4, -0.2) is 23.7 Å². The van der Waals surface area contributed by atoms with E-state index in [1.54, 1.807) is 19.2 Å². The van der Waals surface area contributed by atoms with Crippen molar-refractivity contribution >= 4 is 16.7 Å². The smallest absolute Gasteiger partial charge is 0.145 e. The van der Waals surface area contributed by atoms with Gasteiger partial charge in [0.15, 0.2) is 0 Å². The number of halogens is 1. The summed E-state index contributed by atoms with van der Waals surface area (Å²) in [5.41, 5.74) is 3.61. The van der Waals surface area contributed by atoms with E-state index in [9.17, 15) is 4.39 Å². The maximum absolute atomic E-state index is 13.3. The van der Waals surface area contributed by atoms with Crippen LogP contribution in [0.2, 0.25) is 0 Å². The standard InChI is InChI=1S/C24H22FN3O2/c1-3-30-20-10-4-16(5-11-20)14-26-24-21-12-18(17-6-8-19(25)9-7-17)13-22(29-2)23(21)27-15-28-24/h4-13,15H,3,14H2,1-2H3,(H,26,27,28). The van der Waals surface area contributed by atoms with E-state index >= 15 is 0 Å². The minimum Gasteiger partial charge on any atom is -0.494 e. The molecule has 30 heavy (non-hydrogen) atoms. The molecular formula is C24H22FN3O2. The van der Waals surface area contributed by atoms with Crippen LogP contribution >= 0.6 is 0 Å². The van der Waals surface area contributed by atoms with Crippen LogP contribution in [0.4, 0.5) is 10.2 Å². The molecule has 0 bridgehead atoms. The number of methoxy groups -OCH3 is 1. The molecule has 1 aromatic heterocycles. The largest absolute Gasteiger partial charge is 0.494 e. The van der Waals surface area contributed by atoms with Crippen LogP contribution in [0.5, 0.6) is 11.5 Å². The Morgan fingerprint density at radius 1 is 0.933 bits per heavy atom. The van der Waals surface area contributed by atoms with E-state index in [-0.39, 0.29) is 5.82 Å². The Bertz CT molecular complexity index is 1150. The van der Waals surface area contributed by atoms with Gasteiger partial charge in [0.1, 0.15) is 35.0 Å². The van der Waals surface area contributed by atoms with Gasteiger partial charge in [-0.15, -0.1) is 0 Å². The highest BCUT2D eigenvalue weighted by Crippen LogP contribution is 2.34. The van der Waals surface area contributed by atoms with Gasteiger partial charge in [-0.3, -0.25) is 0 Å². The molecule has 0 aliphatic rings. The monoisotopic (exact) mass is 403 g/mol. The number of benzene rings is 3. The fourth-order valence-electron chi connectivity index (χ4n) is 3.30. The van der Waals surface area contributed by atoms with Crippen molar-refractivity contribution in [2.45, 2.75) is 13.5 Å². The van der Waals surface area contributed by atoms with Crippen molar-refractivity contribution in [2.24, 2.45) is 0 Å². The van der Waals surface area contributed by atoms with E-state index in [1.165, 1.54) is 18.5 Å². The van der Waals surface area contributed by atoms with Gasteiger partial charge in [-0.05, 0) is 60.0 Å². The minimum absolute atomic E-state index is 0.271. The fraction of sp³-hybridized carbons (Fsp3) is 0.167. The predicted octanol–water partition coefficient (Wildman–Crippen LogP) is 5.46. The Kier molecular flexibility index (Phi) is 5.75. The lowest BCUT2D eigenvalue weighted by molar-refractivity contribution is 0.340. The van der Waals surface area contributed by atoms with Crippen LogP contribution < -0.4 is 14.8 Å². The van der Waals surface area contributed by atoms with Crippen LogP contribution in [0.15, 0.2) is 67.0 Å². The maximum Gasteiger partial charge on any atom is 0.145 e. The Labute approximate surface area is 174 Å². The first-order valence-corrected chi connectivity index (χ1v) is 9.72. The predicted molar refractivity (Wildman–Crippen MR) is 116 cm³/mol. The molecular weight excluding hydrogens is 381 g/mol. The summed E-state index contributed by atoms with van der Waals surface area (Å²) in [6.45, 7) is 3.20. The second-order valence-corrected chi connectivity index (χ2v) is 6.73. The van der Waals surface area contributed by atoms with Crippen molar-refractivity contribution in [2.75, 3.05) is 19.0 Å². The molecule has 0 saturated heterocycles. The third kappa shape index (κ3) is 4.17. The molecule has 0 unspecified atom stereocenters. The molecule has 0 aliphatic heterocycles. The molecule has 0 amide bonds. The summed E-state index contributed by atoms with van der Waals surface area (Å²) in [7, 11) is 1.61. The Morgan fingerprint density at radius 2 is 1.70 bits per heavy atom. The summed E-state index contributed by atoms with van der Waals surface area (Å²) in [4.78, 5) is 8.83. The van der Waals surface area contributed by atoms with Gasteiger partial charge in [0, 0.05) is 11.9 Å². The van der Waals surface area contributed by atoms with E-state index in [2.05, 4.69) is 15.3 Å². The number of aromatic nitrogens is 2. The lowest BCUT2D eigenvalue weighted by Crippen LogP contribution is -2.03. The van der Waals surface area contributed by atoms with Crippen molar-refractivity contribution in [3.05, 3.63) is 78.4 Å². The van der Waals surface area contributed by atoms with Crippen molar-refractivity contribution in [1.29, 1.82) is 0 Å². The molecule has 6 heteroatoms. The van der Waals surface area contributed by atoms with Gasteiger partial charge in [0.05, 0.1) is 13.7 Å². The summed E-state index contributed by atoms with van der Waals surface area (Å²) in [5.74, 6) is 1.92. The first kappa shape index (κ1) is 19.6.